The van der Waals surface area contributed by atoms with Crippen molar-refractivity contribution < 1.29 is 25.8 Å². The van der Waals surface area contributed by atoms with Gasteiger partial charge in [0.15, 0.2) is 0 Å². The molecule has 0 aromatic rings. The van der Waals surface area contributed by atoms with E-state index in [4.69, 9.17) is 0 Å². The molecule has 0 bridgehead atoms. The van der Waals surface area contributed by atoms with Crippen LogP contribution in [0.3, 0.4) is 0 Å². The largest absolute Gasteiger partial charge is 0.534 e. The van der Waals surface area contributed by atoms with Crippen molar-refractivity contribution in [3.63, 3.8) is 0 Å². The Morgan fingerprint density at radius 1 is 1.26 bits per heavy atom. The fourth-order valence-corrected chi connectivity index (χ4v) is 5.65. The molecule has 0 aromatic carbocycles. The number of hydrogen-bond acceptors (Lipinski definition) is 3. The van der Waals surface area contributed by atoms with Crippen molar-refractivity contribution in [2.45, 2.75) is 85.1 Å². The lowest BCUT2D eigenvalue weighted by molar-refractivity contribution is -0.0536. The van der Waals surface area contributed by atoms with E-state index in [1.807, 2.05) is 0 Å². The van der Waals surface area contributed by atoms with Crippen molar-refractivity contribution in [2.75, 3.05) is 0 Å². The standard InChI is InChI=1S/C20H33F3O3S/c1-14(8-6-12-18(2,3)4)15-10-11-16-17(9-7-13-19(15,16)5)26-27(24,25)20(21,22)23/h9,14-16H,6-8,10-13H2,1-5H3/t14?,15-,16?,19-/m1/s1. The number of halogens is 3. The molecular weight excluding hydrogens is 377 g/mol. The molecule has 158 valence electrons. The van der Waals surface area contributed by atoms with Crippen LogP contribution in [0.25, 0.3) is 0 Å². The summed E-state index contributed by atoms with van der Waals surface area (Å²) in [5.74, 6) is 0.591. The fraction of sp³-hybridized carbons (Fsp3) is 0.900. The van der Waals surface area contributed by atoms with Gasteiger partial charge in [-0.3, -0.25) is 0 Å². The molecule has 0 spiro atoms. The molecule has 0 aromatic heterocycles. The zero-order valence-corrected chi connectivity index (χ0v) is 17.8. The van der Waals surface area contributed by atoms with Crippen LogP contribution in [0.5, 0.6) is 0 Å². The van der Waals surface area contributed by atoms with Gasteiger partial charge >= 0.3 is 15.6 Å². The second kappa shape index (κ2) is 7.60. The lowest BCUT2D eigenvalue weighted by atomic mass is 9.63. The van der Waals surface area contributed by atoms with E-state index in [-0.39, 0.29) is 17.1 Å². The highest BCUT2D eigenvalue weighted by atomic mass is 32.2. The molecule has 1 saturated carbocycles. The molecule has 2 aliphatic carbocycles. The van der Waals surface area contributed by atoms with Crippen LogP contribution in [0.4, 0.5) is 13.2 Å². The molecule has 0 aliphatic heterocycles. The van der Waals surface area contributed by atoms with Gasteiger partial charge in [-0.25, -0.2) is 0 Å². The first-order valence-electron chi connectivity index (χ1n) is 9.88. The molecule has 27 heavy (non-hydrogen) atoms. The highest BCUT2D eigenvalue weighted by Gasteiger charge is 2.54. The first-order chi connectivity index (χ1) is 12.2. The third-order valence-corrected chi connectivity index (χ3v) is 7.52. The summed E-state index contributed by atoms with van der Waals surface area (Å²) in [4.78, 5) is 0. The van der Waals surface area contributed by atoms with Crippen molar-refractivity contribution in [2.24, 2.45) is 28.6 Å². The third kappa shape index (κ3) is 5.01. The summed E-state index contributed by atoms with van der Waals surface area (Å²) in [6.45, 7) is 11.0. The van der Waals surface area contributed by atoms with E-state index in [2.05, 4.69) is 38.8 Å². The summed E-state index contributed by atoms with van der Waals surface area (Å²) in [5.41, 5.74) is -5.30. The predicted octanol–water partition coefficient (Wildman–Crippen LogP) is 6.42. The van der Waals surface area contributed by atoms with E-state index >= 15 is 0 Å². The van der Waals surface area contributed by atoms with Gasteiger partial charge in [-0.05, 0) is 60.8 Å². The smallest absolute Gasteiger partial charge is 0.381 e. The highest BCUT2D eigenvalue weighted by Crippen LogP contribution is 2.59. The first-order valence-corrected chi connectivity index (χ1v) is 11.3. The van der Waals surface area contributed by atoms with E-state index in [1.54, 1.807) is 6.08 Å². The van der Waals surface area contributed by atoms with Gasteiger partial charge in [0.25, 0.3) is 0 Å². The molecule has 1 fully saturated rings. The van der Waals surface area contributed by atoms with Gasteiger partial charge in [0.2, 0.25) is 0 Å². The fourth-order valence-electron chi connectivity index (χ4n) is 5.11. The van der Waals surface area contributed by atoms with Crippen molar-refractivity contribution in [1.29, 1.82) is 0 Å². The van der Waals surface area contributed by atoms with Crippen LogP contribution in [0.15, 0.2) is 11.8 Å². The van der Waals surface area contributed by atoms with E-state index in [0.717, 1.165) is 32.1 Å². The quantitative estimate of drug-likeness (QED) is 0.375. The molecule has 0 N–H and O–H groups in total. The lowest BCUT2D eigenvalue weighted by Gasteiger charge is -2.42. The van der Waals surface area contributed by atoms with Crippen molar-refractivity contribution in [1.82, 2.24) is 0 Å². The van der Waals surface area contributed by atoms with Crippen LogP contribution in [0, 0.1) is 28.6 Å². The monoisotopic (exact) mass is 410 g/mol. The Bertz CT molecular complexity index is 661. The minimum atomic E-state index is -5.60. The summed E-state index contributed by atoms with van der Waals surface area (Å²) in [6, 6.07) is 0. The Hall–Kier alpha value is -0.720. The Balaban J connectivity index is 2.09. The maximum absolute atomic E-state index is 12.7. The summed E-state index contributed by atoms with van der Waals surface area (Å²) in [5, 5.41) is 0. The molecule has 0 saturated heterocycles. The minimum absolute atomic E-state index is 0.00506. The Labute approximate surface area is 161 Å². The van der Waals surface area contributed by atoms with Crippen LogP contribution in [-0.2, 0) is 14.3 Å². The molecule has 7 heteroatoms. The van der Waals surface area contributed by atoms with Gasteiger partial charge in [0.05, 0.1) is 0 Å². The van der Waals surface area contributed by atoms with Crippen molar-refractivity contribution >= 4 is 10.1 Å². The SMILES string of the molecule is CC(CCCC(C)(C)C)[C@H]1CCC2C(OS(=O)(=O)C(F)(F)F)=CCC[C@@]21C. The third-order valence-electron chi connectivity index (χ3n) is 6.54. The molecular formula is C20H33F3O3S. The summed E-state index contributed by atoms with van der Waals surface area (Å²) < 4.78 is 65.7. The van der Waals surface area contributed by atoms with Gasteiger partial charge in [-0.2, -0.15) is 21.6 Å². The van der Waals surface area contributed by atoms with Crippen molar-refractivity contribution in [3.05, 3.63) is 11.8 Å². The molecule has 2 unspecified atom stereocenters. The van der Waals surface area contributed by atoms with Gasteiger partial charge < -0.3 is 4.18 Å². The summed E-state index contributed by atoms with van der Waals surface area (Å²) in [6.07, 6.45) is 7.92. The Morgan fingerprint density at radius 2 is 1.89 bits per heavy atom. The molecule has 2 aliphatic rings. The average molecular weight is 411 g/mol. The van der Waals surface area contributed by atoms with Crippen LogP contribution >= 0.6 is 0 Å². The van der Waals surface area contributed by atoms with E-state index in [9.17, 15) is 21.6 Å². The van der Waals surface area contributed by atoms with Crippen LogP contribution in [0.2, 0.25) is 0 Å². The van der Waals surface area contributed by atoms with Crippen molar-refractivity contribution in [3.8, 4) is 0 Å². The zero-order valence-electron chi connectivity index (χ0n) is 17.0. The molecule has 2 rings (SSSR count). The predicted molar refractivity (Wildman–Crippen MR) is 100 cm³/mol. The molecule has 3 nitrogen and oxygen atoms in total. The second-order valence-electron chi connectivity index (χ2n) is 9.80. The molecule has 0 amide bonds. The van der Waals surface area contributed by atoms with E-state index < -0.39 is 15.6 Å². The molecule has 0 heterocycles. The van der Waals surface area contributed by atoms with Crippen LogP contribution in [0.1, 0.15) is 79.6 Å². The highest BCUT2D eigenvalue weighted by molar-refractivity contribution is 7.87. The maximum atomic E-state index is 12.7. The number of fused-ring (bicyclic) bond motifs is 1. The second-order valence-corrected chi connectivity index (χ2v) is 11.3. The first kappa shape index (κ1) is 22.6. The Morgan fingerprint density at radius 3 is 2.44 bits per heavy atom. The number of alkyl halides is 3. The van der Waals surface area contributed by atoms with Gasteiger partial charge in [-0.15, -0.1) is 0 Å². The van der Waals surface area contributed by atoms with E-state index in [0.29, 0.717) is 30.1 Å². The maximum Gasteiger partial charge on any atom is 0.534 e. The zero-order chi connectivity index (χ0) is 20.7. The topological polar surface area (TPSA) is 43.4 Å². The summed E-state index contributed by atoms with van der Waals surface area (Å²) in [7, 11) is -5.60. The normalized spacial score (nSPS) is 30.6. The minimum Gasteiger partial charge on any atom is -0.381 e. The van der Waals surface area contributed by atoms with Gasteiger partial charge in [0.1, 0.15) is 5.76 Å². The Kier molecular flexibility index (Phi) is 6.35. The van der Waals surface area contributed by atoms with Gasteiger partial charge in [-0.1, -0.05) is 47.5 Å². The average Bonchev–Trinajstić information content (AvgIpc) is 2.82. The van der Waals surface area contributed by atoms with Gasteiger partial charge in [0, 0.05) is 5.92 Å². The van der Waals surface area contributed by atoms with E-state index in [1.165, 1.54) is 0 Å². The number of hydrogen-bond donors (Lipinski definition) is 0. The van der Waals surface area contributed by atoms with Crippen LogP contribution in [-0.4, -0.2) is 13.9 Å². The molecule has 0 radical (unpaired) electrons. The summed E-state index contributed by atoms with van der Waals surface area (Å²) >= 11 is 0. The molecule has 4 atom stereocenters. The van der Waals surface area contributed by atoms with Crippen LogP contribution < -0.4 is 0 Å². The lowest BCUT2D eigenvalue weighted by Crippen LogP contribution is -2.37. The number of rotatable bonds is 6. The number of allylic oxidation sites excluding steroid dienone is 2.